The van der Waals surface area contributed by atoms with E-state index in [1.54, 1.807) is 13.3 Å². The summed E-state index contributed by atoms with van der Waals surface area (Å²) in [4.78, 5) is 6.27. The number of nitrogens with zero attached hydrogens (tertiary/aromatic N) is 2. The molecule has 1 aliphatic heterocycles. The summed E-state index contributed by atoms with van der Waals surface area (Å²) in [5.74, 6) is 0.651. The Hall–Kier alpha value is -1.49. The molecule has 5 nitrogen and oxygen atoms in total. The van der Waals surface area contributed by atoms with Crippen LogP contribution in [0.25, 0.3) is 0 Å². The minimum atomic E-state index is 0.469. The lowest BCUT2D eigenvalue weighted by molar-refractivity contribution is 0.397. The number of ether oxygens (including phenoxy) is 1. The van der Waals surface area contributed by atoms with Crippen LogP contribution in [0.15, 0.2) is 12.3 Å². The van der Waals surface area contributed by atoms with Gasteiger partial charge in [0.2, 0.25) is 5.88 Å². The van der Waals surface area contributed by atoms with E-state index < -0.39 is 0 Å². The average molecular weight is 222 g/mol. The zero-order chi connectivity index (χ0) is 11.5. The SMILES string of the molecule is COc1nccc(N(C)C)c1NC1CNC1. The number of methoxy groups -OCH3 is 1. The first-order valence-corrected chi connectivity index (χ1v) is 5.40. The number of pyridine rings is 1. The number of hydrogen-bond acceptors (Lipinski definition) is 5. The molecule has 0 aromatic carbocycles. The van der Waals surface area contributed by atoms with E-state index in [9.17, 15) is 0 Å². The van der Waals surface area contributed by atoms with Crippen LogP contribution in [0.1, 0.15) is 0 Å². The Morgan fingerprint density at radius 3 is 2.75 bits per heavy atom. The van der Waals surface area contributed by atoms with Crippen molar-refractivity contribution in [2.45, 2.75) is 6.04 Å². The molecule has 2 heterocycles. The Morgan fingerprint density at radius 1 is 1.50 bits per heavy atom. The average Bonchev–Trinajstić information content (AvgIpc) is 2.22. The third kappa shape index (κ3) is 2.04. The summed E-state index contributed by atoms with van der Waals surface area (Å²) in [6.45, 7) is 1.98. The quantitative estimate of drug-likeness (QED) is 0.778. The van der Waals surface area contributed by atoms with Gasteiger partial charge in [0.05, 0.1) is 18.8 Å². The van der Waals surface area contributed by atoms with Crippen LogP contribution in [-0.2, 0) is 0 Å². The maximum atomic E-state index is 5.28. The Kier molecular flexibility index (Phi) is 3.14. The van der Waals surface area contributed by atoms with E-state index in [1.807, 2.05) is 20.2 Å². The molecule has 1 saturated heterocycles. The zero-order valence-electron chi connectivity index (χ0n) is 9.95. The number of anilines is 2. The lowest BCUT2D eigenvalue weighted by Gasteiger charge is -2.31. The van der Waals surface area contributed by atoms with Gasteiger partial charge in [0, 0.05) is 33.4 Å². The predicted octanol–water partition coefficient (Wildman–Crippen LogP) is 0.540. The van der Waals surface area contributed by atoms with Crippen LogP contribution in [0.4, 0.5) is 11.4 Å². The minimum Gasteiger partial charge on any atom is -0.479 e. The summed E-state index contributed by atoms with van der Waals surface area (Å²) < 4.78 is 5.28. The van der Waals surface area contributed by atoms with Gasteiger partial charge in [-0.15, -0.1) is 0 Å². The van der Waals surface area contributed by atoms with Crippen molar-refractivity contribution in [1.29, 1.82) is 0 Å². The predicted molar refractivity (Wildman–Crippen MR) is 65.4 cm³/mol. The fraction of sp³-hybridized carbons (Fsp3) is 0.545. The van der Waals surface area contributed by atoms with Crippen LogP contribution < -0.4 is 20.3 Å². The molecule has 5 heteroatoms. The fourth-order valence-corrected chi connectivity index (χ4v) is 1.69. The third-order valence-electron chi connectivity index (χ3n) is 2.70. The summed E-state index contributed by atoms with van der Waals surface area (Å²) >= 11 is 0. The van der Waals surface area contributed by atoms with Crippen LogP contribution in [0.3, 0.4) is 0 Å². The molecule has 0 amide bonds. The molecule has 88 valence electrons. The molecule has 2 rings (SSSR count). The Morgan fingerprint density at radius 2 is 2.25 bits per heavy atom. The second kappa shape index (κ2) is 4.57. The third-order valence-corrected chi connectivity index (χ3v) is 2.70. The van der Waals surface area contributed by atoms with Crippen molar-refractivity contribution in [3.8, 4) is 5.88 Å². The van der Waals surface area contributed by atoms with E-state index in [-0.39, 0.29) is 0 Å². The molecule has 0 unspecified atom stereocenters. The van der Waals surface area contributed by atoms with Gasteiger partial charge >= 0.3 is 0 Å². The van der Waals surface area contributed by atoms with Crippen LogP contribution >= 0.6 is 0 Å². The highest BCUT2D eigenvalue weighted by molar-refractivity contribution is 5.74. The van der Waals surface area contributed by atoms with Crippen LogP contribution in [0.2, 0.25) is 0 Å². The summed E-state index contributed by atoms with van der Waals surface area (Å²) in [7, 11) is 5.67. The first-order chi connectivity index (χ1) is 7.72. The highest BCUT2D eigenvalue weighted by Gasteiger charge is 2.20. The Bertz CT molecular complexity index is 363. The van der Waals surface area contributed by atoms with Crippen molar-refractivity contribution in [1.82, 2.24) is 10.3 Å². The molecule has 0 aliphatic carbocycles. The van der Waals surface area contributed by atoms with Gasteiger partial charge in [-0.2, -0.15) is 0 Å². The smallest absolute Gasteiger partial charge is 0.239 e. The van der Waals surface area contributed by atoms with Crippen molar-refractivity contribution in [3.63, 3.8) is 0 Å². The molecule has 1 fully saturated rings. The van der Waals surface area contributed by atoms with Gasteiger partial charge in [-0.05, 0) is 6.07 Å². The second-order valence-corrected chi connectivity index (χ2v) is 4.11. The molecule has 1 aromatic heterocycles. The highest BCUT2D eigenvalue weighted by Crippen LogP contribution is 2.32. The minimum absolute atomic E-state index is 0.469. The van der Waals surface area contributed by atoms with Crippen molar-refractivity contribution < 1.29 is 4.74 Å². The standard InChI is InChI=1S/C11H18N4O/c1-15(2)9-4-5-13-11(16-3)10(9)14-8-6-12-7-8/h4-5,8,12,14H,6-7H2,1-3H3. The van der Waals surface area contributed by atoms with Crippen molar-refractivity contribution in [2.24, 2.45) is 0 Å². The van der Waals surface area contributed by atoms with Gasteiger partial charge in [-0.3, -0.25) is 0 Å². The van der Waals surface area contributed by atoms with Gasteiger partial charge in [0.15, 0.2) is 0 Å². The number of hydrogen-bond donors (Lipinski definition) is 2. The van der Waals surface area contributed by atoms with Gasteiger partial charge < -0.3 is 20.3 Å². The van der Waals surface area contributed by atoms with Gasteiger partial charge in [-0.25, -0.2) is 4.98 Å². The molecule has 0 spiro atoms. The zero-order valence-corrected chi connectivity index (χ0v) is 9.95. The van der Waals surface area contributed by atoms with E-state index >= 15 is 0 Å². The lowest BCUT2D eigenvalue weighted by Crippen LogP contribution is -2.51. The molecule has 0 atom stereocenters. The van der Waals surface area contributed by atoms with Crippen LogP contribution in [-0.4, -0.2) is 45.3 Å². The molecular weight excluding hydrogens is 204 g/mol. The molecule has 0 radical (unpaired) electrons. The van der Waals surface area contributed by atoms with Crippen LogP contribution in [0, 0.1) is 0 Å². The Labute approximate surface area is 95.8 Å². The molecule has 1 aliphatic rings. The molecular formula is C11H18N4O. The first kappa shape index (κ1) is 11.0. The lowest BCUT2D eigenvalue weighted by atomic mass is 10.1. The Balaban J connectivity index is 2.28. The van der Waals surface area contributed by atoms with E-state index in [0.717, 1.165) is 24.5 Å². The largest absolute Gasteiger partial charge is 0.479 e. The number of rotatable bonds is 4. The number of nitrogens with one attached hydrogen (secondary N) is 2. The molecule has 1 aromatic rings. The summed E-state index contributed by atoms with van der Waals surface area (Å²) in [6.07, 6.45) is 1.76. The summed E-state index contributed by atoms with van der Waals surface area (Å²) in [5, 5.41) is 6.69. The van der Waals surface area contributed by atoms with E-state index in [4.69, 9.17) is 4.74 Å². The van der Waals surface area contributed by atoms with E-state index in [0.29, 0.717) is 11.9 Å². The maximum Gasteiger partial charge on any atom is 0.239 e. The van der Waals surface area contributed by atoms with E-state index in [2.05, 4.69) is 20.5 Å². The molecule has 0 saturated carbocycles. The summed E-state index contributed by atoms with van der Waals surface area (Å²) in [5.41, 5.74) is 2.07. The van der Waals surface area contributed by atoms with E-state index in [1.165, 1.54) is 0 Å². The van der Waals surface area contributed by atoms with Crippen molar-refractivity contribution in [3.05, 3.63) is 12.3 Å². The molecule has 0 bridgehead atoms. The highest BCUT2D eigenvalue weighted by atomic mass is 16.5. The van der Waals surface area contributed by atoms with Gasteiger partial charge in [-0.1, -0.05) is 0 Å². The topological polar surface area (TPSA) is 49.4 Å². The van der Waals surface area contributed by atoms with Crippen molar-refractivity contribution >= 4 is 11.4 Å². The monoisotopic (exact) mass is 222 g/mol. The normalized spacial score (nSPS) is 15.4. The van der Waals surface area contributed by atoms with Gasteiger partial charge in [0.1, 0.15) is 5.69 Å². The van der Waals surface area contributed by atoms with Gasteiger partial charge in [0.25, 0.3) is 0 Å². The second-order valence-electron chi connectivity index (χ2n) is 4.11. The number of aromatic nitrogens is 1. The molecule has 16 heavy (non-hydrogen) atoms. The summed E-state index contributed by atoms with van der Waals surface area (Å²) in [6, 6.07) is 2.45. The van der Waals surface area contributed by atoms with Crippen molar-refractivity contribution in [2.75, 3.05) is 44.5 Å². The first-order valence-electron chi connectivity index (χ1n) is 5.40. The fourth-order valence-electron chi connectivity index (χ4n) is 1.69. The molecule has 2 N–H and O–H groups in total. The maximum absolute atomic E-state index is 5.28. The van der Waals surface area contributed by atoms with Crippen LogP contribution in [0.5, 0.6) is 5.88 Å².